The Morgan fingerprint density at radius 3 is 2.33 bits per heavy atom. The number of aryl methyl sites for hydroxylation is 1. The summed E-state index contributed by atoms with van der Waals surface area (Å²) >= 11 is 0. The van der Waals surface area contributed by atoms with Crippen molar-refractivity contribution in [3.05, 3.63) is 54.1 Å². The number of aromatic nitrogens is 2. The van der Waals surface area contributed by atoms with Gasteiger partial charge in [-0.3, -0.25) is 0 Å². The minimum atomic E-state index is -0.0422. The summed E-state index contributed by atoms with van der Waals surface area (Å²) in [5, 5.41) is 0. The second kappa shape index (κ2) is 3.54. The Morgan fingerprint density at radius 1 is 1.13 bits per heavy atom. The number of hydrogen-bond donors (Lipinski definition) is 0. The molecule has 78 valence electrons. The van der Waals surface area contributed by atoms with Crippen molar-refractivity contribution in [2.24, 2.45) is 7.05 Å². The van der Waals surface area contributed by atoms with Crippen LogP contribution in [-0.2, 0) is 12.5 Å². The topological polar surface area (TPSA) is 17.8 Å². The van der Waals surface area contributed by atoms with E-state index >= 15 is 0 Å². The predicted molar refractivity (Wildman–Crippen MR) is 61.8 cm³/mol. The molecule has 1 heterocycles. The van der Waals surface area contributed by atoms with Crippen molar-refractivity contribution in [2.75, 3.05) is 0 Å². The van der Waals surface area contributed by atoms with E-state index < -0.39 is 0 Å². The Bertz CT molecular complexity index is 441. The zero-order chi connectivity index (χ0) is 10.9. The molecular weight excluding hydrogens is 184 g/mol. The molecule has 1 aromatic carbocycles. The van der Waals surface area contributed by atoms with Gasteiger partial charge in [0.25, 0.3) is 0 Å². The number of nitrogens with zero attached hydrogens (tertiary/aromatic N) is 2. The average Bonchev–Trinajstić information content (AvgIpc) is 2.66. The molecule has 0 bridgehead atoms. The first kappa shape index (κ1) is 9.97. The van der Waals surface area contributed by atoms with Crippen LogP contribution in [0.2, 0.25) is 0 Å². The largest absolute Gasteiger partial charge is 0.337 e. The van der Waals surface area contributed by atoms with Crippen LogP contribution < -0.4 is 0 Å². The highest BCUT2D eigenvalue weighted by Gasteiger charge is 2.26. The Kier molecular flexibility index (Phi) is 2.35. The molecule has 0 radical (unpaired) electrons. The molecule has 0 fully saturated rings. The van der Waals surface area contributed by atoms with E-state index in [4.69, 9.17) is 0 Å². The van der Waals surface area contributed by atoms with Crippen molar-refractivity contribution in [3.8, 4) is 0 Å². The monoisotopic (exact) mass is 200 g/mol. The molecule has 0 atom stereocenters. The molecule has 2 aromatic rings. The van der Waals surface area contributed by atoms with Gasteiger partial charge in [-0.2, -0.15) is 0 Å². The summed E-state index contributed by atoms with van der Waals surface area (Å²) < 4.78 is 2.08. The van der Waals surface area contributed by atoms with Gasteiger partial charge >= 0.3 is 0 Å². The van der Waals surface area contributed by atoms with Crippen molar-refractivity contribution < 1.29 is 0 Å². The first-order valence-electron chi connectivity index (χ1n) is 5.15. The van der Waals surface area contributed by atoms with Crippen LogP contribution in [0.4, 0.5) is 0 Å². The quantitative estimate of drug-likeness (QED) is 0.729. The zero-order valence-electron chi connectivity index (χ0n) is 9.44. The molecule has 2 nitrogen and oxygen atoms in total. The third-order valence-corrected chi connectivity index (χ3v) is 2.88. The number of benzene rings is 1. The van der Waals surface area contributed by atoms with Gasteiger partial charge in [-0.05, 0) is 19.4 Å². The molecule has 0 unspecified atom stereocenters. The number of hydrogen-bond acceptors (Lipinski definition) is 1. The highest BCUT2D eigenvalue weighted by atomic mass is 15.0. The van der Waals surface area contributed by atoms with Gasteiger partial charge in [-0.25, -0.2) is 4.98 Å². The summed E-state index contributed by atoms with van der Waals surface area (Å²) in [4.78, 5) is 4.43. The van der Waals surface area contributed by atoms with Crippen LogP contribution in [0.1, 0.15) is 25.2 Å². The molecular formula is C13H16N2. The molecule has 0 aliphatic heterocycles. The fourth-order valence-electron chi connectivity index (χ4n) is 1.95. The average molecular weight is 200 g/mol. The minimum Gasteiger partial charge on any atom is -0.337 e. The van der Waals surface area contributed by atoms with Crippen LogP contribution in [0.15, 0.2) is 42.7 Å². The predicted octanol–water partition coefficient (Wildman–Crippen LogP) is 2.75. The maximum Gasteiger partial charge on any atom is 0.118 e. The lowest BCUT2D eigenvalue weighted by Crippen LogP contribution is -2.23. The summed E-state index contributed by atoms with van der Waals surface area (Å²) in [5.41, 5.74) is 1.25. The van der Waals surface area contributed by atoms with Crippen LogP contribution in [0.3, 0.4) is 0 Å². The van der Waals surface area contributed by atoms with E-state index in [1.807, 2.05) is 25.5 Å². The van der Waals surface area contributed by atoms with E-state index in [1.54, 1.807) is 0 Å². The molecule has 0 saturated heterocycles. The summed E-state index contributed by atoms with van der Waals surface area (Å²) in [5.74, 6) is 1.09. The Hall–Kier alpha value is -1.57. The van der Waals surface area contributed by atoms with Crippen LogP contribution in [0, 0.1) is 0 Å². The summed E-state index contributed by atoms with van der Waals surface area (Å²) in [6, 6.07) is 10.5. The first-order chi connectivity index (χ1) is 7.12. The SMILES string of the molecule is Cn1ccnc1C(C)(C)c1ccccc1. The van der Waals surface area contributed by atoms with Crippen molar-refractivity contribution >= 4 is 0 Å². The van der Waals surface area contributed by atoms with Gasteiger partial charge in [0.2, 0.25) is 0 Å². The van der Waals surface area contributed by atoms with E-state index in [9.17, 15) is 0 Å². The van der Waals surface area contributed by atoms with Gasteiger partial charge in [-0.1, -0.05) is 30.3 Å². The van der Waals surface area contributed by atoms with Crippen molar-refractivity contribution in [1.29, 1.82) is 0 Å². The van der Waals surface area contributed by atoms with Gasteiger partial charge in [0.15, 0.2) is 0 Å². The second-order valence-corrected chi connectivity index (χ2v) is 4.35. The molecule has 0 saturated carbocycles. The molecule has 0 aliphatic carbocycles. The van der Waals surface area contributed by atoms with E-state index in [2.05, 4.69) is 47.7 Å². The van der Waals surface area contributed by atoms with E-state index in [-0.39, 0.29) is 5.41 Å². The van der Waals surface area contributed by atoms with Gasteiger partial charge in [0, 0.05) is 24.9 Å². The molecule has 0 aliphatic rings. The van der Waals surface area contributed by atoms with Gasteiger partial charge in [0.1, 0.15) is 5.82 Å². The van der Waals surface area contributed by atoms with Crippen molar-refractivity contribution in [2.45, 2.75) is 19.3 Å². The highest BCUT2D eigenvalue weighted by molar-refractivity contribution is 5.30. The normalized spacial score (nSPS) is 11.7. The lowest BCUT2D eigenvalue weighted by molar-refractivity contribution is 0.562. The van der Waals surface area contributed by atoms with Gasteiger partial charge < -0.3 is 4.57 Å². The van der Waals surface area contributed by atoms with E-state index in [1.165, 1.54) is 5.56 Å². The number of imidazole rings is 1. The van der Waals surface area contributed by atoms with Gasteiger partial charge in [-0.15, -0.1) is 0 Å². The third-order valence-electron chi connectivity index (χ3n) is 2.88. The van der Waals surface area contributed by atoms with Gasteiger partial charge in [0.05, 0.1) is 0 Å². The molecule has 0 spiro atoms. The number of rotatable bonds is 2. The van der Waals surface area contributed by atoms with Crippen LogP contribution in [0.25, 0.3) is 0 Å². The summed E-state index contributed by atoms with van der Waals surface area (Å²) in [6.45, 7) is 4.40. The van der Waals surface area contributed by atoms with Crippen LogP contribution in [-0.4, -0.2) is 9.55 Å². The van der Waals surface area contributed by atoms with Crippen molar-refractivity contribution in [3.63, 3.8) is 0 Å². The molecule has 2 heteroatoms. The fraction of sp³-hybridized carbons (Fsp3) is 0.308. The first-order valence-corrected chi connectivity index (χ1v) is 5.15. The van der Waals surface area contributed by atoms with Crippen molar-refractivity contribution in [1.82, 2.24) is 9.55 Å². The zero-order valence-corrected chi connectivity index (χ0v) is 9.44. The summed E-state index contributed by atoms with van der Waals surface area (Å²) in [6.07, 6.45) is 3.83. The smallest absolute Gasteiger partial charge is 0.118 e. The molecule has 0 amide bonds. The lowest BCUT2D eigenvalue weighted by atomic mass is 9.84. The molecule has 1 aromatic heterocycles. The van der Waals surface area contributed by atoms with E-state index in [0.717, 1.165) is 5.82 Å². The molecule has 0 N–H and O–H groups in total. The molecule has 15 heavy (non-hydrogen) atoms. The van der Waals surface area contributed by atoms with Crippen LogP contribution >= 0.6 is 0 Å². The highest BCUT2D eigenvalue weighted by Crippen LogP contribution is 2.29. The Labute approximate surface area is 90.6 Å². The minimum absolute atomic E-state index is 0.0422. The lowest BCUT2D eigenvalue weighted by Gasteiger charge is -2.24. The molecule has 2 rings (SSSR count). The standard InChI is InChI=1S/C13H16N2/c1-13(2,11-7-5-4-6-8-11)12-14-9-10-15(12)3/h4-10H,1-3H3. The van der Waals surface area contributed by atoms with E-state index in [0.29, 0.717) is 0 Å². The fourth-order valence-corrected chi connectivity index (χ4v) is 1.95. The Morgan fingerprint density at radius 2 is 1.80 bits per heavy atom. The maximum absolute atomic E-state index is 4.43. The third kappa shape index (κ3) is 1.67. The van der Waals surface area contributed by atoms with Crippen LogP contribution in [0.5, 0.6) is 0 Å². The maximum atomic E-state index is 4.43. The second-order valence-electron chi connectivity index (χ2n) is 4.35. The summed E-state index contributed by atoms with van der Waals surface area (Å²) in [7, 11) is 2.03. The Balaban J connectivity index is 2.48.